The molecule has 9 nitrogen and oxygen atoms in total. The lowest BCUT2D eigenvalue weighted by Gasteiger charge is -2.30. The van der Waals surface area contributed by atoms with Crippen molar-refractivity contribution in [3.8, 4) is 0 Å². The molecule has 1 saturated heterocycles. The minimum atomic E-state index is -3.74. The van der Waals surface area contributed by atoms with Crippen molar-refractivity contribution in [2.45, 2.75) is 17.9 Å². The lowest BCUT2D eigenvalue weighted by molar-refractivity contribution is -0.149. The Labute approximate surface area is 158 Å². The summed E-state index contributed by atoms with van der Waals surface area (Å²) in [5.41, 5.74) is 0.591. The molecule has 0 aromatic heterocycles. The van der Waals surface area contributed by atoms with Gasteiger partial charge in [-0.25, -0.2) is 22.3 Å². The number of nitrogens with zero attached hydrogens (tertiary/aromatic N) is 2. The van der Waals surface area contributed by atoms with E-state index in [1.807, 2.05) is 4.90 Å². The fourth-order valence-electron chi connectivity index (χ4n) is 2.57. The monoisotopic (exact) mass is 400 g/mol. The van der Waals surface area contributed by atoms with E-state index < -0.39 is 28.1 Å². The molecule has 150 valence electrons. The van der Waals surface area contributed by atoms with E-state index >= 15 is 0 Å². The van der Waals surface area contributed by atoms with Crippen LogP contribution in [0.1, 0.15) is 17.3 Å². The summed E-state index contributed by atoms with van der Waals surface area (Å²) in [5.74, 6) is -1.50. The van der Waals surface area contributed by atoms with Gasteiger partial charge in [0.1, 0.15) is 0 Å². The quantitative estimate of drug-likeness (QED) is 0.636. The van der Waals surface area contributed by atoms with Crippen LogP contribution in [0.2, 0.25) is 0 Å². The molecule has 1 atom stereocenters. The van der Waals surface area contributed by atoms with Crippen molar-refractivity contribution in [1.29, 1.82) is 0 Å². The Morgan fingerprint density at radius 3 is 2.41 bits per heavy atom. The summed E-state index contributed by atoms with van der Waals surface area (Å²) in [6.07, 6.45) is -1.12. The summed E-state index contributed by atoms with van der Waals surface area (Å²) in [5, 5.41) is 0. The van der Waals surface area contributed by atoms with Crippen molar-refractivity contribution in [3.63, 3.8) is 0 Å². The smallest absolute Gasteiger partial charge is 0.346 e. The van der Waals surface area contributed by atoms with Gasteiger partial charge in [-0.1, -0.05) is 0 Å². The SMILES string of the molecule is COC(=O)[C@@H](C)OC(=O)c1cc(S(=O)(=O)N(C)C)ccc1N1CCOCC1. The number of benzene rings is 1. The molecule has 0 aliphatic carbocycles. The lowest BCUT2D eigenvalue weighted by atomic mass is 10.1. The van der Waals surface area contributed by atoms with E-state index in [0.29, 0.717) is 32.0 Å². The second-order valence-corrected chi connectivity index (χ2v) is 8.29. The van der Waals surface area contributed by atoms with E-state index in [-0.39, 0.29) is 10.5 Å². The molecular weight excluding hydrogens is 376 g/mol. The fourth-order valence-corrected chi connectivity index (χ4v) is 3.50. The van der Waals surface area contributed by atoms with Gasteiger partial charge in [-0.2, -0.15) is 0 Å². The maximum atomic E-state index is 12.7. The van der Waals surface area contributed by atoms with Crippen molar-refractivity contribution in [2.24, 2.45) is 0 Å². The van der Waals surface area contributed by atoms with Crippen molar-refractivity contribution < 1.29 is 32.2 Å². The third-order valence-electron chi connectivity index (χ3n) is 4.14. The lowest BCUT2D eigenvalue weighted by Crippen LogP contribution is -2.37. The maximum absolute atomic E-state index is 12.7. The second-order valence-electron chi connectivity index (χ2n) is 6.14. The molecule has 1 aromatic rings. The molecule has 0 spiro atoms. The minimum absolute atomic E-state index is 0.0396. The van der Waals surface area contributed by atoms with Gasteiger partial charge in [0, 0.05) is 27.2 Å². The van der Waals surface area contributed by atoms with Crippen LogP contribution in [0.4, 0.5) is 5.69 Å². The van der Waals surface area contributed by atoms with E-state index in [1.165, 1.54) is 40.3 Å². The molecule has 0 radical (unpaired) electrons. The van der Waals surface area contributed by atoms with E-state index in [0.717, 1.165) is 4.31 Å². The second kappa shape index (κ2) is 8.68. The van der Waals surface area contributed by atoms with Gasteiger partial charge < -0.3 is 19.1 Å². The highest BCUT2D eigenvalue weighted by molar-refractivity contribution is 7.89. The number of anilines is 1. The van der Waals surface area contributed by atoms with Crippen LogP contribution < -0.4 is 4.90 Å². The van der Waals surface area contributed by atoms with Crippen molar-refractivity contribution in [1.82, 2.24) is 4.31 Å². The first-order chi connectivity index (χ1) is 12.7. The van der Waals surface area contributed by atoms with Crippen molar-refractivity contribution in [3.05, 3.63) is 23.8 Å². The van der Waals surface area contributed by atoms with E-state index in [1.54, 1.807) is 6.07 Å². The Bertz CT molecular complexity index is 801. The summed E-state index contributed by atoms with van der Waals surface area (Å²) >= 11 is 0. The van der Waals surface area contributed by atoms with Gasteiger partial charge in [0.15, 0.2) is 6.10 Å². The van der Waals surface area contributed by atoms with Crippen LogP contribution in [-0.2, 0) is 29.0 Å². The largest absolute Gasteiger partial charge is 0.466 e. The zero-order valence-electron chi connectivity index (χ0n) is 15.8. The number of esters is 2. The molecule has 27 heavy (non-hydrogen) atoms. The molecule has 10 heteroatoms. The summed E-state index contributed by atoms with van der Waals surface area (Å²) in [6.45, 7) is 3.47. The zero-order valence-corrected chi connectivity index (χ0v) is 16.6. The first kappa shape index (κ1) is 21.1. The van der Waals surface area contributed by atoms with Crippen LogP contribution in [0.3, 0.4) is 0 Å². The summed E-state index contributed by atoms with van der Waals surface area (Å²) in [6, 6.07) is 4.29. The number of hydrogen-bond acceptors (Lipinski definition) is 8. The van der Waals surface area contributed by atoms with Crippen LogP contribution in [-0.4, -0.2) is 78.3 Å². The average molecular weight is 400 g/mol. The first-order valence-electron chi connectivity index (χ1n) is 8.36. The molecule has 1 aliphatic rings. The Morgan fingerprint density at radius 1 is 1.22 bits per heavy atom. The van der Waals surface area contributed by atoms with Crippen LogP contribution in [0, 0.1) is 0 Å². The standard InChI is InChI=1S/C17H24N2O7S/c1-12(16(20)24-4)26-17(21)14-11-13(27(22,23)18(2)3)5-6-15(14)19-7-9-25-10-8-19/h5-6,11-12H,7-10H2,1-4H3/t12-/m1/s1. The Morgan fingerprint density at radius 2 is 1.85 bits per heavy atom. The maximum Gasteiger partial charge on any atom is 0.346 e. The molecule has 1 heterocycles. The number of methoxy groups -OCH3 is 1. The zero-order chi connectivity index (χ0) is 20.2. The van der Waals surface area contributed by atoms with Crippen LogP contribution in [0.25, 0.3) is 0 Å². The summed E-state index contributed by atoms with van der Waals surface area (Å²) in [4.78, 5) is 26.1. The Hall–Kier alpha value is -2.17. The van der Waals surface area contributed by atoms with Gasteiger partial charge in [0.25, 0.3) is 0 Å². The topological polar surface area (TPSA) is 102 Å². The van der Waals surface area contributed by atoms with Crippen LogP contribution in [0.15, 0.2) is 23.1 Å². The minimum Gasteiger partial charge on any atom is -0.466 e. The highest BCUT2D eigenvalue weighted by Crippen LogP contribution is 2.27. The predicted octanol–water partition coefficient (Wildman–Crippen LogP) is 0.492. The molecule has 0 N–H and O–H groups in total. The predicted molar refractivity (Wildman–Crippen MR) is 97.2 cm³/mol. The van der Waals surface area contributed by atoms with Gasteiger partial charge >= 0.3 is 11.9 Å². The van der Waals surface area contributed by atoms with E-state index in [9.17, 15) is 18.0 Å². The number of carbonyl (C=O) groups is 2. The average Bonchev–Trinajstić information content (AvgIpc) is 2.67. The van der Waals surface area contributed by atoms with Crippen LogP contribution in [0.5, 0.6) is 0 Å². The van der Waals surface area contributed by atoms with Gasteiger partial charge in [-0.05, 0) is 25.1 Å². The van der Waals surface area contributed by atoms with Gasteiger partial charge in [-0.15, -0.1) is 0 Å². The molecule has 1 fully saturated rings. The molecule has 2 rings (SSSR count). The number of morpholine rings is 1. The molecule has 0 amide bonds. The summed E-state index contributed by atoms with van der Waals surface area (Å²) in [7, 11) is 0.262. The van der Waals surface area contributed by atoms with Gasteiger partial charge in [0.05, 0.1) is 36.5 Å². The number of hydrogen-bond donors (Lipinski definition) is 0. The highest BCUT2D eigenvalue weighted by Gasteiger charge is 2.27. The van der Waals surface area contributed by atoms with E-state index in [2.05, 4.69) is 4.74 Å². The molecule has 1 aromatic carbocycles. The molecule has 0 saturated carbocycles. The number of rotatable bonds is 6. The van der Waals surface area contributed by atoms with E-state index in [4.69, 9.17) is 9.47 Å². The van der Waals surface area contributed by atoms with Gasteiger partial charge in [-0.3, -0.25) is 0 Å². The van der Waals surface area contributed by atoms with Crippen molar-refractivity contribution in [2.75, 3.05) is 52.4 Å². The first-order valence-corrected chi connectivity index (χ1v) is 9.80. The third-order valence-corrected chi connectivity index (χ3v) is 5.95. The summed E-state index contributed by atoms with van der Waals surface area (Å²) < 4.78 is 41.0. The fraction of sp³-hybridized carbons (Fsp3) is 0.529. The van der Waals surface area contributed by atoms with Gasteiger partial charge in [0.2, 0.25) is 10.0 Å². The normalized spacial score (nSPS) is 16.1. The molecule has 0 unspecified atom stereocenters. The number of ether oxygens (including phenoxy) is 3. The van der Waals surface area contributed by atoms with Crippen molar-refractivity contribution >= 4 is 27.6 Å². The molecular formula is C17H24N2O7S. The molecule has 0 bridgehead atoms. The van der Waals surface area contributed by atoms with Crippen LogP contribution >= 0.6 is 0 Å². The Kier molecular flexibility index (Phi) is 6.79. The highest BCUT2D eigenvalue weighted by atomic mass is 32.2. The number of carbonyl (C=O) groups excluding carboxylic acids is 2. The Balaban J connectivity index is 2.45. The number of sulfonamides is 1. The molecule has 1 aliphatic heterocycles. The third kappa shape index (κ3) is 4.76.